The number of amides is 1. The number of nitrogens with one attached hydrogen (secondary N) is 2. The first-order valence-corrected chi connectivity index (χ1v) is 7.23. The first kappa shape index (κ1) is 13.6. The molecule has 0 spiro atoms. The van der Waals surface area contributed by atoms with E-state index in [1.165, 1.54) is 12.8 Å². The summed E-state index contributed by atoms with van der Waals surface area (Å²) >= 11 is 3.38. The molecule has 0 aromatic heterocycles. The molecule has 2 atom stereocenters. The van der Waals surface area contributed by atoms with Gasteiger partial charge in [0, 0.05) is 16.1 Å². The van der Waals surface area contributed by atoms with E-state index in [1.807, 2.05) is 24.3 Å². The van der Waals surface area contributed by atoms with Crippen LogP contribution < -0.4 is 10.6 Å². The summed E-state index contributed by atoms with van der Waals surface area (Å²) in [5, 5.41) is 6.47. The van der Waals surface area contributed by atoms with Crippen LogP contribution in [0.2, 0.25) is 0 Å². The lowest BCUT2D eigenvalue weighted by Crippen LogP contribution is -2.44. The first-order valence-electron chi connectivity index (χ1n) is 6.44. The first-order chi connectivity index (χ1) is 8.66. The monoisotopic (exact) mass is 310 g/mol. The molecule has 0 radical (unpaired) electrons. The van der Waals surface area contributed by atoms with Gasteiger partial charge in [-0.3, -0.25) is 4.79 Å². The number of rotatable bonds is 3. The Bertz CT molecular complexity index is 416. The molecule has 0 aliphatic carbocycles. The topological polar surface area (TPSA) is 41.1 Å². The summed E-state index contributed by atoms with van der Waals surface area (Å²) in [5.41, 5.74) is 0.708. The number of carbonyl (C=O) groups excluding carboxylic acids is 1. The summed E-state index contributed by atoms with van der Waals surface area (Å²) in [6, 6.07) is 7.70. The van der Waals surface area contributed by atoms with Gasteiger partial charge < -0.3 is 10.6 Å². The van der Waals surface area contributed by atoms with Gasteiger partial charge in [-0.05, 0) is 57.0 Å². The molecule has 0 bridgehead atoms. The van der Waals surface area contributed by atoms with Gasteiger partial charge in [0.15, 0.2) is 0 Å². The van der Waals surface area contributed by atoms with Crippen molar-refractivity contribution in [2.75, 3.05) is 13.1 Å². The normalized spacial score (nSPS) is 21.3. The number of hydrogen-bond acceptors (Lipinski definition) is 2. The molecule has 18 heavy (non-hydrogen) atoms. The highest BCUT2D eigenvalue weighted by atomic mass is 79.9. The Hall–Kier alpha value is -0.870. The molecule has 3 nitrogen and oxygen atoms in total. The van der Waals surface area contributed by atoms with Crippen molar-refractivity contribution in [3.8, 4) is 0 Å². The third-order valence-electron chi connectivity index (χ3n) is 3.49. The minimum atomic E-state index is 0.00868. The molecule has 2 unspecified atom stereocenters. The highest BCUT2D eigenvalue weighted by molar-refractivity contribution is 9.10. The molecule has 4 heteroatoms. The Morgan fingerprint density at radius 3 is 3.06 bits per heavy atom. The van der Waals surface area contributed by atoms with Crippen molar-refractivity contribution in [1.82, 2.24) is 10.6 Å². The van der Waals surface area contributed by atoms with Crippen molar-refractivity contribution < 1.29 is 4.79 Å². The Kier molecular flexibility index (Phi) is 4.78. The molecule has 1 heterocycles. The van der Waals surface area contributed by atoms with Crippen LogP contribution in [0.1, 0.15) is 30.1 Å². The van der Waals surface area contributed by atoms with Crippen LogP contribution in [-0.2, 0) is 0 Å². The molecule has 0 saturated carbocycles. The smallest absolute Gasteiger partial charge is 0.251 e. The van der Waals surface area contributed by atoms with Crippen LogP contribution in [0.4, 0.5) is 0 Å². The molecule has 98 valence electrons. The zero-order valence-corrected chi connectivity index (χ0v) is 12.2. The van der Waals surface area contributed by atoms with Crippen LogP contribution in [0.3, 0.4) is 0 Å². The van der Waals surface area contributed by atoms with E-state index in [9.17, 15) is 4.79 Å². The van der Waals surface area contributed by atoms with Crippen LogP contribution in [-0.4, -0.2) is 25.0 Å². The van der Waals surface area contributed by atoms with Crippen LogP contribution in [0.5, 0.6) is 0 Å². The van der Waals surface area contributed by atoms with Gasteiger partial charge in [0.2, 0.25) is 0 Å². The largest absolute Gasteiger partial charge is 0.349 e. The molecular formula is C14H19BrN2O. The minimum Gasteiger partial charge on any atom is -0.349 e. The second kappa shape index (κ2) is 6.34. The molecule has 1 aromatic carbocycles. The van der Waals surface area contributed by atoms with E-state index >= 15 is 0 Å². The van der Waals surface area contributed by atoms with E-state index in [1.54, 1.807) is 0 Å². The predicted octanol–water partition coefficient (Wildman–Crippen LogP) is 2.57. The van der Waals surface area contributed by atoms with E-state index in [2.05, 4.69) is 33.5 Å². The number of piperidine rings is 1. The number of carbonyl (C=O) groups is 1. The summed E-state index contributed by atoms with van der Waals surface area (Å²) in [4.78, 5) is 12.1. The highest BCUT2D eigenvalue weighted by Gasteiger charge is 2.21. The number of benzene rings is 1. The summed E-state index contributed by atoms with van der Waals surface area (Å²) in [6.45, 7) is 4.19. The summed E-state index contributed by atoms with van der Waals surface area (Å²) in [7, 11) is 0. The van der Waals surface area contributed by atoms with Crippen LogP contribution in [0.15, 0.2) is 28.7 Å². The van der Waals surface area contributed by atoms with Crippen LogP contribution in [0.25, 0.3) is 0 Å². The standard InChI is InChI=1S/C14H19BrN2O/c1-10(12-5-3-7-16-9-12)17-14(18)11-4-2-6-13(15)8-11/h2,4,6,8,10,12,16H,3,5,7,9H2,1H3,(H,17,18). The molecule has 1 aliphatic heterocycles. The Balaban J connectivity index is 1.94. The van der Waals surface area contributed by atoms with Gasteiger partial charge in [-0.25, -0.2) is 0 Å². The fraction of sp³-hybridized carbons (Fsp3) is 0.500. The van der Waals surface area contributed by atoms with E-state index in [-0.39, 0.29) is 11.9 Å². The van der Waals surface area contributed by atoms with Crippen molar-refractivity contribution in [2.45, 2.75) is 25.8 Å². The van der Waals surface area contributed by atoms with Crippen molar-refractivity contribution in [3.05, 3.63) is 34.3 Å². The van der Waals surface area contributed by atoms with Crippen LogP contribution in [0, 0.1) is 5.92 Å². The molecule has 1 amide bonds. The lowest BCUT2D eigenvalue weighted by Gasteiger charge is -2.28. The third kappa shape index (κ3) is 3.56. The SMILES string of the molecule is CC(NC(=O)c1cccc(Br)c1)C1CCCNC1. The number of halogens is 1. The molecule has 1 aliphatic rings. The van der Waals surface area contributed by atoms with Gasteiger partial charge >= 0.3 is 0 Å². The quantitative estimate of drug-likeness (QED) is 0.901. The fourth-order valence-electron chi connectivity index (χ4n) is 2.34. The molecule has 1 fully saturated rings. The van der Waals surface area contributed by atoms with E-state index in [0.29, 0.717) is 11.5 Å². The average molecular weight is 311 g/mol. The maximum absolute atomic E-state index is 12.1. The van der Waals surface area contributed by atoms with Crippen molar-refractivity contribution >= 4 is 21.8 Å². The van der Waals surface area contributed by atoms with E-state index in [0.717, 1.165) is 17.6 Å². The summed E-state index contributed by atoms with van der Waals surface area (Å²) in [5.74, 6) is 0.546. The van der Waals surface area contributed by atoms with Gasteiger partial charge in [0.25, 0.3) is 5.91 Å². The summed E-state index contributed by atoms with van der Waals surface area (Å²) in [6.07, 6.45) is 2.38. The molecule has 2 rings (SSSR count). The highest BCUT2D eigenvalue weighted by Crippen LogP contribution is 2.16. The van der Waals surface area contributed by atoms with Crippen molar-refractivity contribution in [1.29, 1.82) is 0 Å². The fourth-order valence-corrected chi connectivity index (χ4v) is 2.74. The molecule has 1 saturated heterocycles. The molecule has 2 N–H and O–H groups in total. The zero-order valence-electron chi connectivity index (χ0n) is 10.6. The average Bonchev–Trinajstić information content (AvgIpc) is 2.39. The van der Waals surface area contributed by atoms with Crippen molar-refractivity contribution in [3.63, 3.8) is 0 Å². The van der Waals surface area contributed by atoms with Crippen molar-refractivity contribution in [2.24, 2.45) is 5.92 Å². The van der Waals surface area contributed by atoms with E-state index < -0.39 is 0 Å². The summed E-state index contributed by atoms with van der Waals surface area (Å²) < 4.78 is 0.933. The van der Waals surface area contributed by atoms with Gasteiger partial charge in [-0.1, -0.05) is 22.0 Å². The Morgan fingerprint density at radius 2 is 2.39 bits per heavy atom. The number of hydrogen-bond donors (Lipinski definition) is 2. The molecule has 1 aromatic rings. The lowest BCUT2D eigenvalue weighted by atomic mass is 9.92. The maximum Gasteiger partial charge on any atom is 0.251 e. The Morgan fingerprint density at radius 1 is 1.56 bits per heavy atom. The van der Waals surface area contributed by atoms with E-state index in [4.69, 9.17) is 0 Å². The van der Waals surface area contributed by atoms with Gasteiger partial charge in [0.05, 0.1) is 0 Å². The van der Waals surface area contributed by atoms with Gasteiger partial charge in [-0.15, -0.1) is 0 Å². The minimum absolute atomic E-state index is 0.00868. The van der Waals surface area contributed by atoms with Gasteiger partial charge in [0.1, 0.15) is 0 Å². The van der Waals surface area contributed by atoms with Crippen LogP contribution >= 0.6 is 15.9 Å². The second-order valence-electron chi connectivity index (χ2n) is 4.88. The predicted molar refractivity (Wildman–Crippen MR) is 76.7 cm³/mol. The lowest BCUT2D eigenvalue weighted by molar-refractivity contribution is 0.0922. The maximum atomic E-state index is 12.1. The zero-order chi connectivity index (χ0) is 13.0. The van der Waals surface area contributed by atoms with Gasteiger partial charge in [-0.2, -0.15) is 0 Å². The third-order valence-corrected chi connectivity index (χ3v) is 3.98. The Labute approximate surface area is 116 Å². The second-order valence-corrected chi connectivity index (χ2v) is 5.79. The molecular weight excluding hydrogens is 292 g/mol.